The number of carbonyl (C=O) groups is 4. The summed E-state index contributed by atoms with van der Waals surface area (Å²) in [6.45, 7) is 0. The first-order chi connectivity index (χ1) is 13.1. The van der Waals surface area contributed by atoms with Crippen LogP contribution in [0.4, 0.5) is 0 Å². The van der Waals surface area contributed by atoms with E-state index in [0.29, 0.717) is 5.56 Å². The number of phenolic OH excluding ortho intramolecular Hbond substituents is 1. The molecule has 28 heavy (non-hydrogen) atoms. The van der Waals surface area contributed by atoms with E-state index in [-0.39, 0.29) is 30.8 Å². The van der Waals surface area contributed by atoms with Gasteiger partial charge in [0.2, 0.25) is 11.8 Å². The predicted molar refractivity (Wildman–Crippen MR) is 102 cm³/mol. The van der Waals surface area contributed by atoms with Crippen LogP contribution in [0, 0.1) is 0 Å². The van der Waals surface area contributed by atoms with Gasteiger partial charge < -0.3 is 31.7 Å². The molecule has 154 valence electrons. The second-order valence-electron chi connectivity index (χ2n) is 6.05. The minimum atomic E-state index is -1.28. The molecule has 0 aliphatic heterocycles. The Balaban J connectivity index is 2.91. The summed E-state index contributed by atoms with van der Waals surface area (Å²) in [4.78, 5) is 46.4. The number of nitrogens with one attached hydrogen (secondary N) is 2. The highest BCUT2D eigenvalue weighted by molar-refractivity contribution is 7.80. The molecular formula is C17H23N3O7S. The normalized spacial score (nSPS) is 13.8. The minimum Gasteiger partial charge on any atom is -0.508 e. The van der Waals surface area contributed by atoms with Crippen LogP contribution in [0.1, 0.15) is 18.4 Å². The topological polar surface area (TPSA) is 179 Å². The third kappa shape index (κ3) is 7.84. The maximum absolute atomic E-state index is 12.5. The van der Waals surface area contributed by atoms with Gasteiger partial charge in [-0.05, 0) is 24.1 Å². The molecule has 1 aromatic carbocycles. The van der Waals surface area contributed by atoms with E-state index in [4.69, 9.17) is 15.9 Å². The summed E-state index contributed by atoms with van der Waals surface area (Å²) in [5, 5.41) is 31.8. The number of hydrogen-bond acceptors (Lipinski definition) is 7. The fourth-order valence-electron chi connectivity index (χ4n) is 2.22. The van der Waals surface area contributed by atoms with Gasteiger partial charge in [0.1, 0.15) is 17.8 Å². The number of carbonyl (C=O) groups excluding carboxylic acids is 2. The summed E-state index contributed by atoms with van der Waals surface area (Å²) in [6.07, 6.45) is -0.435. The standard InChI is InChI=1S/C17H23N3O7S/c18-11(5-6-14(22)23)15(24)19-12(7-9-1-3-10(21)4-2-9)16(25)20-13(8-28)17(26)27/h1-4,11-13,21,28H,5-8,18H2,(H,19,24)(H,20,25)(H,22,23)(H,26,27). The van der Waals surface area contributed by atoms with Crippen molar-refractivity contribution in [3.8, 4) is 5.75 Å². The molecule has 0 saturated heterocycles. The van der Waals surface area contributed by atoms with Gasteiger partial charge in [-0.25, -0.2) is 4.79 Å². The Kier molecular flexibility index (Phi) is 9.25. The van der Waals surface area contributed by atoms with E-state index < -0.39 is 41.9 Å². The maximum Gasteiger partial charge on any atom is 0.327 e. The molecule has 3 unspecified atom stereocenters. The Morgan fingerprint density at radius 1 is 1.00 bits per heavy atom. The average molecular weight is 413 g/mol. The van der Waals surface area contributed by atoms with Crippen molar-refractivity contribution in [2.75, 3.05) is 5.75 Å². The van der Waals surface area contributed by atoms with Crippen molar-refractivity contribution in [2.45, 2.75) is 37.4 Å². The molecule has 0 saturated carbocycles. The van der Waals surface area contributed by atoms with Gasteiger partial charge in [-0.2, -0.15) is 12.6 Å². The van der Waals surface area contributed by atoms with Gasteiger partial charge in [-0.3, -0.25) is 14.4 Å². The van der Waals surface area contributed by atoms with E-state index in [9.17, 15) is 24.3 Å². The molecule has 0 aliphatic rings. The third-order valence-electron chi connectivity index (χ3n) is 3.81. The van der Waals surface area contributed by atoms with Crippen molar-refractivity contribution in [1.82, 2.24) is 10.6 Å². The zero-order valence-electron chi connectivity index (χ0n) is 14.9. The summed E-state index contributed by atoms with van der Waals surface area (Å²) in [6, 6.07) is 2.33. The number of phenols is 1. The summed E-state index contributed by atoms with van der Waals surface area (Å²) in [5.41, 5.74) is 6.25. The molecule has 0 bridgehead atoms. The lowest BCUT2D eigenvalue weighted by molar-refractivity contribution is -0.141. The van der Waals surface area contributed by atoms with Crippen molar-refractivity contribution < 1.29 is 34.5 Å². The van der Waals surface area contributed by atoms with Crippen LogP contribution in [0.5, 0.6) is 5.75 Å². The quantitative estimate of drug-likeness (QED) is 0.228. The van der Waals surface area contributed by atoms with E-state index in [2.05, 4.69) is 23.3 Å². The van der Waals surface area contributed by atoms with Crippen molar-refractivity contribution in [1.29, 1.82) is 0 Å². The molecule has 0 fully saturated rings. The highest BCUT2D eigenvalue weighted by Crippen LogP contribution is 2.12. The molecule has 2 amide bonds. The SMILES string of the molecule is NC(CCC(=O)O)C(=O)NC(Cc1ccc(O)cc1)C(=O)NC(CS)C(=O)O. The molecule has 11 heteroatoms. The number of carboxylic acids is 2. The Morgan fingerprint density at radius 2 is 1.57 bits per heavy atom. The van der Waals surface area contributed by atoms with Gasteiger partial charge in [-0.1, -0.05) is 12.1 Å². The van der Waals surface area contributed by atoms with Crippen LogP contribution in [-0.4, -0.2) is 63.0 Å². The molecule has 3 atom stereocenters. The summed E-state index contributed by atoms with van der Waals surface area (Å²) < 4.78 is 0. The highest BCUT2D eigenvalue weighted by Gasteiger charge is 2.27. The van der Waals surface area contributed by atoms with Crippen LogP contribution >= 0.6 is 12.6 Å². The predicted octanol–water partition coefficient (Wildman–Crippen LogP) is -0.889. The van der Waals surface area contributed by atoms with Gasteiger partial charge in [0.05, 0.1) is 6.04 Å². The number of hydrogen-bond donors (Lipinski definition) is 7. The highest BCUT2D eigenvalue weighted by atomic mass is 32.1. The lowest BCUT2D eigenvalue weighted by atomic mass is 10.0. The number of nitrogens with two attached hydrogens (primary N) is 1. The number of aliphatic carboxylic acids is 2. The van der Waals surface area contributed by atoms with Crippen LogP contribution in [0.25, 0.3) is 0 Å². The first-order valence-electron chi connectivity index (χ1n) is 8.33. The first kappa shape index (κ1) is 23.2. The Labute approximate surface area is 166 Å². The minimum absolute atomic E-state index is 0.00240. The van der Waals surface area contributed by atoms with Crippen molar-refractivity contribution in [3.05, 3.63) is 29.8 Å². The number of benzene rings is 1. The molecule has 0 spiro atoms. The number of carboxylic acid groups (broad SMARTS) is 2. The Morgan fingerprint density at radius 3 is 2.07 bits per heavy atom. The van der Waals surface area contributed by atoms with Crippen LogP contribution in [-0.2, 0) is 25.6 Å². The van der Waals surface area contributed by atoms with Crippen molar-refractivity contribution >= 4 is 36.4 Å². The summed E-state index contributed by atoms with van der Waals surface area (Å²) in [5.74, 6) is -4.02. The average Bonchev–Trinajstić information content (AvgIpc) is 2.64. The monoisotopic (exact) mass is 413 g/mol. The van der Waals surface area contributed by atoms with Gasteiger partial charge in [0, 0.05) is 18.6 Å². The van der Waals surface area contributed by atoms with Gasteiger partial charge in [-0.15, -0.1) is 0 Å². The zero-order chi connectivity index (χ0) is 21.3. The van der Waals surface area contributed by atoms with Crippen molar-refractivity contribution in [2.24, 2.45) is 5.73 Å². The molecule has 0 aliphatic carbocycles. The van der Waals surface area contributed by atoms with Crippen LogP contribution in [0.15, 0.2) is 24.3 Å². The second-order valence-corrected chi connectivity index (χ2v) is 6.42. The fraction of sp³-hybridized carbons (Fsp3) is 0.412. The summed E-state index contributed by atoms with van der Waals surface area (Å²) >= 11 is 3.87. The van der Waals surface area contributed by atoms with E-state index >= 15 is 0 Å². The second kappa shape index (κ2) is 11.1. The molecule has 0 heterocycles. The van der Waals surface area contributed by atoms with E-state index in [0.717, 1.165) is 0 Å². The fourth-order valence-corrected chi connectivity index (χ4v) is 2.47. The molecule has 7 N–H and O–H groups in total. The first-order valence-corrected chi connectivity index (χ1v) is 8.97. The molecular weight excluding hydrogens is 390 g/mol. The molecule has 1 rings (SSSR count). The Bertz CT molecular complexity index is 711. The van der Waals surface area contributed by atoms with Gasteiger partial charge in [0.25, 0.3) is 0 Å². The van der Waals surface area contributed by atoms with E-state index in [1.54, 1.807) is 12.1 Å². The molecule has 0 aromatic heterocycles. The van der Waals surface area contributed by atoms with Crippen LogP contribution < -0.4 is 16.4 Å². The number of amides is 2. The van der Waals surface area contributed by atoms with E-state index in [1.165, 1.54) is 12.1 Å². The van der Waals surface area contributed by atoms with Crippen molar-refractivity contribution in [3.63, 3.8) is 0 Å². The number of rotatable bonds is 11. The van der Waals surface area contributed by atoms with Gasteiger partial charge in [0.15, 0.2) is 0 Å². The van der Waals surface area contributed by atoms with Crippen LogP contribution in [0.2, 0.25) is 0 Å². The molecule has 0 radical (unpaired) electrons. The van der Waals surface area contributed by atoms with Gasteiger partial charge >= 0.3 is 11.9 Å². The maximum atomic E-state index is 12.5. The molecule has 1 aromatic rings. The lowest BCUT2D eigenvalue weighted by Gasteiger charge is -2.22. The number of thiol groups is 1. The number of aromatic hydroxyl groups is 1. The largest absolute Gasteiger partial charge is 0.508 e. The lowest BCUT2D eigenvalue weighted by Crippen LogP contribution is -2.55. The smallest absolute Gasteiger partial charge is 0.327 e. The Hall–Kier alpha value is -2.79. The molecule has 10 nitrogen and oxygen atoms in total. The zero-order valence-corrected chi connectivity index (χ0v) is 15.8. The third-order valence-corrected chi connectivity index (χ3v) is 4.18. The van der Waals surface area contributed by atoms with Crippen LogP contribution in [0.3, 0.4) is 0 Å². The summed E-state index contributed by atoms with van der Waals surface area (Å²) in [7, 11) is 0. The van der Waals surface area contributed by atoms with E-state index in [1.807, 2.05) is 0 Å².